The lowest BCUT2D eigenvalue weighted by atomic mass is 10.2. The lowest BCUT2D eigenvalue weighted by molar-refractivity contribution is -0.125. The van der Waals surface area contributed by atoms with Crippen molar-refractivity contribution in [2.24, 2.45) is 0 Å². The van der Waals surface area contributed by atoms with Gasteiger partial charge in [0, 0.05) is 19.7 Å². The molecule has 1 fully saturated rings. The van der Waals surface area contributed by atoms with Crippen molar-refractivity contribution in [1.82, 2.24) is 10.6 Å². The maximum Gasteiger partial charge on any atom is 0.239 e. The molecule has 0 aromatic heterocycles. The van der Waals surface area contributed by atoms with Gasteiger partial charge < -0.3 is 20.1 Å². The molecule has 1 aliphatic heterocycles. The van der Waals surface area contributed by atoms with Crippen LogP contribution in [-0.4, -0.2) is 44.9 Å². The first-order valence-corrected chi connectivity index (χ1v) is 7.07. The molecule has 1 aromatic carbocycles. The number of hydrogen-bond acceptors (Lipinski definition) is 4. The number of hydrogen-bond donors (Lipinski definition) is 2. The lowest BCUT2D eigenvalue weighted by Gasteiger charge is -2.22. The van der Waals surface area contributed by atoms with Crippen LogP contribution in [0.2, 0.25) is 0 Å². The highest BCUT2D eigenvalue weighted by molar-refractivity contribution is 5.81. The van der Waals surface area contributed by atoms with Gasteiger partial charge in [0.25, 0.3) is 0 Å². The topological polar surface area (TPSA) is 59.6 Å². The van der Waals surface area contributed by atoms with Gasteiger partial charge in [-0.1, -0.05) is 30.3 Å². The van der Waals surface area contributed by atoms with Crippen molar-refractivity contribution < 1.29 is 14.3 Å². The van der Waals surface area contributed by atoms with Gasteiger partial charge in [-0.3, -0.25) is 4.79 Å². The van der Waals surface area contributed by atoms with Crippen LogP contribution in [0.5, 0.6) is 0 Å². The van der Waals surface area contributed by atoms with E-state index in [1.165, 1.54) is 5.56 Å². The zero-order valence-electron chi connectivity index (χ0n) is 11.6. The van der Waals surface area contributed by atoms with E-state index in [2.05, 4.69) is 10.6 Å². The number of nitrogens with one attached hydrogen (secondary N) is 2. The number of benzene rings is 1. The standard InChI is InChI=1S/C15H22N2O3/c18-15(14-12-20-10-8-16-14)17-7-4-9-19-11-13-5-2-1-3-6-13/h1-3,5-6,14,16H,4,7-12H2,(H,17,18). The van der Waals surface area contributed by atoms with E-state index in [4.69, 9.17) is 9.47 Å². The molecule has 20 heavy (non-hydrogen) atoms. The Bertz CT molecular complexity index is 391. The van der Waals surface area contributed by atoms with E-state index in [0.717, 1.165) is 13.0 Å². The van der Waals surface area contributed by atoms with Gasteiger partial charge in [0.2, 0.25) is 5.91 Å². The van der Waals surface area contributed by atoms with Crippen LogP contribution in [0.4, 0.5) is 0 Å². The molecule has 5 heteroatoms. The summed E-state index contributed by atoms with van der Waals surface area (Å²) in [6, 6.07) is 9.85. The second kappa shape index (κ2) is 8.68. The minimum absolute atomic E-state index is 0.00718. The van der Waals surface area contributed by atoms with E-state index < -0.39 is 0 Å². The van der Waals surface area contributed by atoms with Crippen molar-refractivity contribution in [1.29, 1.82) is 0 Å². The summed E-state index contributed by atoms with van der Waals surface area (Å²) in [5, 5.41) is 6.01. The van der Waals surface area contributed by atoms with E-state index in [0.29, 0.717) is 33.0 Å². The van der Waals surface area contributed by atoms with Crippen molar-refractivity contribution in [3.05, 3.63) is 35.9 Å². The molecule has 0 bridgehead atoms. The van der Waals surface area contributed by atoms with Crippen molar-refractivity contribution in [2.75, 3.05) is 32.9 Å². The first kappa shape index (κ1) is 15.0. The third kappa shape index (κ3) is 5.28. The van der Waals surface area contributed by atoms with Crippen LogP contribution in [0, 0.1) is 0 Å². The average Bonchev–Trinajstić information content (AvgIpc) is 2.52. The summed E-state index contributed by atoms with van der Waals surface area (Å²) in [7, 11) is 0. The molecular formula is C15H22N2O3. The molecule has 1 amide bonds. The predicted octanol–water partition coefficient (Wildman–Crippen LogP) is 0.698. The molecule has 1 heterocycles. The Kier molecular flexibility index (Phi) is 6.50. The summed E-state index contributed by atoms with van der Waals surface area (Å²) in [6.07, 6.45) is 0.812. The molecule has 0 radical (unpaired) electrons. The SMILES string of the molecule is O=C(NCCCOCc1ccccc1)C1COCCN1. The van der Waals surface area contributed by atoms with Crippen LogP contribution in [-0.2, 0) is 20.9 Å². The van der Waals surface area contributed by atoms with E-state index in [1.54, 1.807) is 0 Å². The summed E-state index contributed by atoms with van der Waals surface area (Å²) in [4.78, 5) is 11.8. The largest absolute Gasteiger partial charge is 0.378 e. The fraction of sp³-hybridized carbons (Fsp3) is 0.533. The Balaban J connectivity index is 1.50. The fourth-order valence-corrected chi connectivity index (χ4v) is 2.01. The van der Waals surface area contributed by atoms with Gasteiger partial charge in [-0.15, -0.1) is 0 Å². The quantitative estimate of drug-likeness (QED) is 0.721. The molecule has 2 N–H and O–H groups in total. The molecule has 1 saturated heterocycles. The number of ether oxygens (including phenoxy) is 2. The summed E-state index contributed by atoms with van der Waals surface area (Å²) in [5.74, 6) is 0.00718. The number of amides is 1. The minimum Gasteiger partial charge on any atom is -0.378 e. The van der Waals surface area contributed by atoms with Gasteiger partial charge in [0.15, 0.2) is 0 Å². The number of rotatable bonds is 7. The van der Waals surface area contributed by atoms with Crippen LogP contribution in [0.15, 0.2) is 30.3 Å². The highest BCUT2D eigenvalue weighted by Gasteiger charge is 2.20. The van der Waals surface area contributed by atoms with E-state index >= 15 is 0 Å². The van der Waals surface area contributed by atoms with Crippen molar-refractivity contribution in [3.8, 4) is 0 Å². The number of morpholine rings is 1. The van der Waals surface area contributed by atoms with E-state index in [-0.39, 0.29) is 11.9 Å². The molecule has 110 valence electrons. The number of carbonyl (C=O) groups excluding carboxylic acids is 1. The third-order valence-electron chi connectivity index (χ3n) is 3.11. The number of carbonyl (C=O) groups is 1. The van der Waals surface area contributed by atoms with Gasteiger partial charge in [-0.25, -0.2) is 0 Å². The average molecular weight is 278 g/mol. The molecule has 0 saturated carbocycles. The van der Waals surface area contributed by atoms with Gasteiger partial charge >= 0.3 is 0 Å². The van der Waals surface area contributed by atoms with Gasteiger partial charge in [0.1, 0.15) is 6.04 Å². The van der Waals surface area contributed by atoms with E-state index in [9.17, 15) is 4.79 Å². The Labute approximate surface area is 119 Å². The molecule has 1 aliphatic rings. The highest BCUT2D eigenvalue weighted by atomic mass is 16.5. The van der Waals surface area contributed by atoms with Crippen LogP contribution in [0.25, 0.3) is 0 Å². The predicted molar refractivity (Wildman–Crippen MR) is 76.3 cm³/mol. The Hall–Kier alpha value is -1.43. The van der Waals surface area contributed by atoms with Gasteiger partial charge in [0.05, 0.1) is 19.8 Å². The molecule has 1 unspecified atom stereocenters. The lowest BCUT2D eigenvalue weighted by Crippen LogP contribution is -2.51. The molecule has 0 aliphatic carbocycles. The zero-order valence-corrected chi connectivity index (χ0v) is 11.6. The Morgan fingerprint density at radius 1 is 1.40 bits per heavy atom. The van der Waals surface area contributed by atoms with Crippen LogP contribution in [0.1, 0.15) is 12.0 Å². The third-order valence-corrected chi connectivity index (χ3v) is 3.11. The first-order valence-electron chi connectivity index (χ1n) is 7.07. The van der Waals surface area contributed by atoms with Crippen molar-refractivity contribution in [2.45, 2.75) is 19.1 Å². The van der Waals surface area contributed by atoms with Crippen LogP contribution in [0.3, 0.4) is 0 Å². The molecule has 5 nitrogen and oxygen atoms in total. The molecule has 0 spiro atoms. The molecule has 1 atom stereocenters. The van der Waals surface area contributed by atoms with E-state index in [1.807, 2.05) is 30.3 Å². The van der Waals surface area contributed by atoms with Gasteiger partial charge in [-0.05, 0) is 12.0 Å². The second-order valence-corrected chi connectivity index (χ2v) is 4.76. The van der Waals surface area contributed by atoms with Crippen molar-refractivity contribution >= 4 is 5.91 Å². The fourth-order valence-electron chi connectivity index (χ4n) is 2.01. The smallest absolute Gasteiger partial charge is 0.239 e. The van der Waals surface area contributed by atoms with Crippen molar-refractivity contribution in [3.63, 3.8) is 0 Å². The summed E-state index contributed by atoms with van der Waals surface area (Å²) >= 11 is 0. The summed E-state index contributed by atoms with van der Waals surface area (Å²) in [6.45, 7) is 3.76. The summed E-state index contributed by atoms with van der Waals surface area (Å²) < 4.78 is 10.8. The molecule has 2 rings (SSSR count). The maximum atomic E-state index is 11.8. The van der Waals surface area contributed by atoms with Crippen LogP contribution < -0.4 is 10.6 Å². The highest BCUT2D eigenvalue weighted by Crippen LogP contribution is 2.00. The minimum atomic E-state index is -0.214. The molecular weight excluding hydrogens is 256 g/mol. The first-order chi connectivity index (χ1) is 9.86. The normalized spacial score (nSPS) is 18.7. The monoisotopic (exact) mass is 278 g/mol. The second-order valence-electron chi connectivity index (χ2n) is 4.76. The Morgan fingerprint density at radius 2 is 2.25 bits per heavy atom. The van der Waals surface area contributed by atoms with Gasteiger partial charge in [-0.2, -0.15) is 0 Å². The molecule has 1 aromatic rings. The summed E-state index contributed by atoms with van der Waals surface area (Å²) in [5.41, 5.74) is 1.17. The Morgan fingerprint density at radius 3 is 3.00 bits per heavy atom. The zero-order chi connectivity index (χ0) is 14.0. The maximum absolute atomic E-state index is 11.8. The van der Waals surface area contributed by atoms with Crippen LogP contribution >= 0.6 is 0 Å².